The van der Waals surface area contributed by atoms with Crippen LogP contribution in [-0.2, 0) is 10.8 Å². The number of hydrogen-bond donors (Lipinski definition) is 0. The van der Waals surface area contributed by atoms with Crippen molar-refractivity contribution >= 4 is 55.7 Å². The van der Waals surface area contributed by atoms with E-state index in [1.807, 2.05) is 0 Å². The van der Waals surface area contributed by atoms with Gasteiger partial charge in [-0.1, -0.05) is 161 Å². The molecular weight excluding hydrogens is 725 g/mol. The molecule has 2 nitrogen and oxygen atoms in total. The monoisotopic (exact) mass is 774 g/mol. The summed E-state index contributed by atoms with van der Waals surface area (Å²) in [6.45, 7) is 9.62. The van der Waals surface area contributed by atoms with Crippen molar-refractivity contribution in [3.63, 3.8) is 0 Å². The van der Waals surface area contributed by atoms with E-state index in [2.05, 4.69) is 244 Å². The van der Waals surface area contributed by atoms with Crippen LogP contribution < -0.4 is 9.80 Å². The summed E-state index contributed by atoms with van der Waals surface area (Å²) < 4.78 is 0. The second kappa shape index (κ2) is 15.0. The molecule has 0 unspecified atom stereocenters. The lowest BCUT2D eigenvalue weighted by Crippen LogP contribution is -2.33. The predicted molar refractivity (Wildman–Crippen MR) is 257 cm³/mol. The van der Waals surface area contributed by atoms with Crippen LogP contribution in [0.2, 0.25) is 0 Å². The van der Waals surface area contributed by atoms with E-state index >= 15 is 0 Å². The van der Waals surface area contributed by atoms with E-state index in [9.17, 15) is 0 Å². The van der Waals surface area contributed by atoms with Crippen LogP contribution in [0.4, 0.5) is 34.1 Å². The van der Waals surface area contributed by atoms with Crippen molar-refractivity contribution in [1.29, 1.82) is 0 Å². The smallest absolute Gasteiger partial charge is 0.0468 e. The molecule has 292 valence electrons. The zero-order chi connectivity index (χ0) is 40.8. The van der Waals surface area contributed by atoms with E-state index in [0.717, 1.165) is 34.1 Å². The molecule has 0 bridgehead atoms. The predicted octanol–water partition coefficient (Wildman–Crippen LogP) is 16.6. The Morgan fingerprint density at radius 2 is 0.683 bits per heavy atom. The zero-order valence-electron chi connectivity index (χ0n) is 34.9. The van der Waals surface area contributed by atoms with Crippen molar-refractivity contribution < 1.29 is 0 Å². The first kappa shape index (κ1) is 37.4. The van der Waals surface area contributed by atoms with E-state index in [0.29, 0.717) is 0 Å². The lowest BCUT2D eigenvalue weighted by Gasteiger charge is -2.42. The van der Waals surface area contributed by atoms with E-state index in [-0.39, 0.29) is 10.8 Å². The van der Waals surface area contributed by atoms with Crippen LogP contribution in [0.25, 0.3) is 43.8 Å². The molecule has 0 atom stereocenters. The Morgan fingerprint density at radius 1 is 0.283 bits per heavy atom. The largest absolute Gasteiger partial charge is 0.310 e. The highest BCUT2D eigenvalue weighted by Gasteiger charge is 2.37. The molecule has 0 saturated carbocycles. The van der Waals surface area contributed by atoms with Crippen LogP contribution in [0.1, 0.15) is 51.7 Å². The average Bonchev–Trinajstić information content (AvgIpc) is 3.29. The van der Waals surface area contributed by atoms with Crippen molar-refractivity contribution in [1.82, 2.24) is 0 Å². The average molecular weight is 775 g/mol. The topological polar surface area (TPSA) is 6.48 Å². The van der Waals surface area contributed by atoms with Crippen LogP contribution in [0.5, 0.6) is 0 Å². The zero-order valence-corrected chi connectivity index (χ0v) is 34.9. The first-order chi connectivity index (χ1) is 29.2. The van der Waals surface area contributed by atoms with Crippen LogP contribution in [0, 0.1) is 0 Å². The fourth-order valence-electron chi connectivity index (χ4n) is 9.30. The van der Waals surface area contributed by atoms with Crippen molar-refractivity contribution in [2.24, 2.45) is 0 Å². The van der Waals surface area contributed by atoms with Crippen molar-refractivity contribution in [2.45, 2.75) is 51.4 Å². The Balaban J connectivity index is 1.00. The van der Waals surface area contributed by atoms with Gasteiger partial charge in [-0.3, -0.25) is 0 Å². The molecule has 1 aliphatic carbocycles. The summed E-state index contributed by atoms with van der Waals surface area (Å²) in [5.74, 6) is 0. The molecule has 1 aliphatic rings. The molecule has 2 heteroatoms. The molecule has 9 aromatic carbocycles. The van der Waals surface area contributed by atoms with Crippen LogP contribution in [0.15, 0.2) is 206 Å². The molecule has 0 aliphatic heterocycles. The highest BCUT2D eigenvalue weighted by Crippen LogP contribution is 2.47. The number of hydrogen-bond acceptors (Lipinski definition) is 2. The number of anilines is 6. The highest BCUT2D eigenvalue weighted by molar-refractivity contribution is 5.91. The molecule has 0 spiro atoms. The minimum Gasteiger partial charge on any atom is -0.310 e. The summed E-state index contributed by atoms with van der Waals surface area (Å²) in [5, 5.41) is 4.92. The van der Waals surface area contributed by atoms with Gasteiger partial charge in [-0.25, -0.2) is 0 Å². The summed E-state index contributed by atoms with van der Waals surface area (Å²) >= 11 is 0. The third-order valence-electron chi connectivity index (χ3n) is 12.9. The molecular formula is C58H50N2. The first-order valence-electron chi connectivity index (χ1n) is 21.3. The molecule has 0 heterocycles. The van der Waals surface area contributed by atoms with Gasteiger partial charge < -0.3 is 9.80 Å². The van der Waals surface area contributed by atoms with Gasteiger partial charge in [0.15, 0.2) is 0 Å². The Labute approximate surface area is 355 Å². The Morgan fingerprint density at radius 3 is 1.25 bits per heavy atom. The number of benzene rings is 9. The maximum Gasteiger partial charge on any atom is 0.0468 e. The van der Waals surface area contributed by atoms with Gasteiger partial charge in [0.2, 0.25) is 0 Å². The third kappa shape index (κ3) is 7.03. The van der Waals surface area contributed by atoms with E-state index in [1.54, 1.807) is 0 Å². The van der Waals surface area contributed by atoms with Crippen LogP contribution in [0.3, 0.4) is 0 Å². The van der Waals surface area contributed by atoms with E-state index < -0.39 is 0 Å². The SMILES string of the molecule is CC1(C)CCC(C)(C)c2cc(-c3cccc(N(c4ccc(-c5ccc(N(c6ccccc6)c6ccc7ccccc7c6)cc5)cc4)c4ccc5ccccc5c4)c3)ccc21. The van der Waals surface area contributed by atoms with Crippen molar-refractivity contribution in [3.05, 3.63) is 217 Å². The van der Waals surface area contributed by atoms with Gasteiger partial charge in [-0.05, 0) is 151 Å². The summed E-state index contributed by atoms with van der Waals surface area (Å²) in [6.07, 6.45) is 2.41. The molecule has 60 heavy (non-hydrogen) atoms. The second-order valence-corrected chi connectivity index (χ2v) is 17.7. The number of nitrogens with zero attached hydrogens (tertiary/aromatic N) is 2. The summed E-state index contributed by atoms with van der Waals surface area (Å²) in [4.78, 5) is 4.73. The number of para-hydroxylation sites is 1. The Hall–Kier alpha value is -6.90. The van der Waals surface area contributed by atoms with Crippen LogP contribution in [-0.4, -0.2) is 0 Å². The Kier molecular flexibility index (Phi) is 9.37. The maximum absolute atomic E-state index is 2.47. The lowest BCUT2D eigenvalue weighted by molar-refractivity contribution is 0.332. The Bertz CT molecular complexity index is 2980. The standard InChI is InChI=1S/C58H50N2/c1-57(2)35-36-58(3,4)56-40-48(27-34-55(56)57)47-17-12-20-52(39-47)60(54-33-26-42-14-9-11-16-46(42)38-54)51-30-23-44(24-31-51)43-21-28-50(29-22-43)59(49-18-6-5-7-19-49)53-32-25-41-13-8-10-15-45(41)37-53/h5-34,37-40H,35-36H2,1-4H3. The third-order valence-corrected chi connectivity index (χ3v) is 12.9. The number of rotatable bonds is 8. The molecule has 0 fully saturated rings. The quantitative estimate of drug-likeness (QED) is 0.152. The molecule has 10 rings (SSSR count). The van der Waals surface area contributed by atoms with Crippen molar-refractivity contribution in [3.8, 4) is 22.3 Å². The summed E-state index contributed by atoms with van der Waals surface area (Å²) in [7, 11) is 0. The molecule has 0 radical (unpaired) electrons. The lowest BCUT2D eigenvalue weighted by atomic mass is 9.63. The highest BCUT2D eigenvalue weighted by atomic mass is 15.1. The van der Waals surface area contributed by atoms with Gasteiger partial charge in [0.25, 0.3) is 0 Å². The maximum atomic E-state index is 2.47. The fourth-order valence-corrected chi connectivity index (χ4v) is 9.30. The fraction of sp³-hybridized carbons (Fsp3) is 0.138. The molecule has 0 amide bonds. The molecule has 0 N–H and O–H groups in total. The van der Waals surface area contributed by atoms with Gasteiger partial charge in [-0.15, -0.1) is 0 Å². The van der Waals surface area contributed by atoms with E-state index in [1.165, 1.54) is 67.8 Å². The second-order valence-electron chi connectivity index (χ2n) is 17.7. The van der Waals surface area contributed by atoms with Crippen molar-refractivity contribution in [2.75, 3.05) is 9.80 Å². The number of fused-ring (bicyclic) bond motifs is 3. The first-order valence-corrected chi connectivity index (χ1v) is 21.3. The van der Waals surface area contributed by atoms with Gasteiger partial charge in [-0.2, -0.15) is 0 Å². The van der Waals surface area contributed by atoms with Gasteiger partial charge in [0.05, 0.1) is 0 Å². The van der Waals surface area contributed by atoms with Gasteiger partial charge in [0.1, 0.15) is 0 Å². The molecule has 0 saturated heterocycles. The van der Waals surface area contributed by atoms with E-state index in [4.69, 9.17) is 0 Å². The van der Waals surface area contributed by atoms with Crippen LogP contribution >= 0.6 is 0 Å². The minimum atomic E-state index is 0.149. The van der Waals surface area contributed by atoms with Gasteiger partial charge >= 0.3 is 0 Å². The summed E-state index contributed by atoms with van der Waals surface area (Å²) in [5.41, 5.74) is 14.9. The molecule has 9 aromatic rings. The minimum absolute atomic E-state index is 0.149. The summed E-state index contributed by atoms with van der Waals surface area (Å²) in [6, 6.07) is 75.6. The van der Waals surface area contributed by atoms with Gasteiger partial charge in [0, 0.05) is 34.1 Å². The molecule has 0 aromatic heterocycles. The normalized spacial score (nSPS) is 14.1.